The SMILES string of the molecule is CC1(C)c2ccccc2-c2ccc(-c3ccc(N(c4ccc5ccccc5c4)c4cccc5c4c4ccccc4n5-c4ccccc4)cc3)cc21. The topological polar surface area (TPSA) is 8.17 Å². The number of hydrogen-bond donors (Lipinski definition) is 0. The Morgan fingerprint density at radius 3 is 1.98 bits per heavy atom. The van der Waals surface area contributed by atoms with Gasteiger partial charge in [0.05, 0.1) is 16.7 Å². The molecule has 8 aromatic carbocycles. The van der Waals surface area contributed by atoms with E-state index >= 15 is 0 Å². The van der Waals surface area contributed by atoms with Gasteiger partial charge in [-0.05, 0) is 105 Å². The summed E-state index contributed by atoms with van der Waals surface area (Å²) >= 11 is 0. The summed E-state index contributed by atoms with van der Waals surface area (Å²) in [7, 11) is 0. The van der Waals surface area contributed by atoms with Crippen LogP contribution in [0.5, 0.6) is 0 Å². The molecule has 51 heavy (non-hydrogen) atoms. The molecule has 0 fully saturated rings. The maximum absolute atomic E-state index is 2.43. The molecule has 1 aromatic heterocycles. The summed E-state index contributed by atoms with van der Waals surface area (Å²) in [5, 5.41) is 4.92. The van der Waals surface area contributed by atoms with E-state index in [-0.39, 0.29) is 5.41 Å². The highest BCUT2D eigenvalue weighted by molar-refractivity contribution is 6.16. The van der Waals surface area contributed by atoms with Crippen molar-refractivity contribution in [1.29, 1.82) is 0 Å². The van der Waals surface area contributed by atoms with Gasteiger partial charge in [-0.15, -0.1) is 0 Å². The molecule has 0 radical (unpaired) electrons. The van der Waals surface area contributed by atoms with Crippen LogP contribution in [0.15, 0.2) is 182 Å². The Balaban J connectivity index is 1.15. The van der Waals surface area contributed by atoms with Crippen molar-refractivity contribution in [2.45, 2.75) is 19.3 Å². The van der Waals surface area contributed by atoms with Gasteiger partial charge in [0.1, 0.15) is 0 Å². The van der Waals surface area contributed by atoms with Crippen LogP contribution in [0.25, 0.3) is 60.5 Å². The van der Waals surface area contributed by atoms with E-state index in [1.165, 1.54) is 66.0 Å². The summed E-state index contributed by atoms with van der Waals surface area (Å²) < 4.78 is 2.39. The lowest BCUT2D eigenvalue weighted by Gasteiger charge is -2.27. The first-order chi connectivity index (χ1) is 25.1. The van der Waals surface area contributed by atoms with Crippen molar-refractivity contribution in [3.05, 3.63) is 193 Å². The maximum Gasteiger partial charge on any atom is 0.0562 e. The van der Waals surface area contributed by atoms with Crippen LogP contribution in [0, 0.1) is 0 Å². The van der Waals surface area contributed by atoms with Crippen molar-refractivity contribution in [2.75, 3.05) is 4.90 Å². The summed E-state index contributed by atoms with van der Waals surface area (Å²) in [6.07, 6.45) is 0. The lowest BCUT2D eigenvalue weighted by atomic mass is 9.81. The standard InChI is InChI=1S/C49H36N2/c1-49(2)43-19-10-8-17-40(43)41-30-26-36(32-44(41)49)34-23-27-38(28-24-34)50(39-29-25-33-13-6-7-14-35(33)31-39)46-21-12-22-47-48(46)42-18-9-11-20-45(42)51(47)37-15-4-3-5-16-37/h3-32H,1-2H3. The highest BCUT2D eigenvalue weighted by atomic mass is 15.1. The number of benzene rings is 8. The lowest BCUT2D eigenvalue weighted by Crippen LogP contribution is -2.14. The third-order valence-corrected chi connectivity index (χ3v) is 11.0. The molecular formula is C49H36N2. The van der Waals surface area contributed by atoms with Crippen LogP contribution < -0.4 is 4.90 Å². The van der Waals surface area contributed by atoms with Gasteiger partial charge in [-0.1, -0.05) is 135 Å². The van der Waals surface area contributed by atoms with Gasteiger partial charge in [-0.2, -0.15) is 0 Å². The second-order valence-electron chi connectivity index (χ2n) is 14.2. The predicted molar refractivity (Wildman–Crippen MR) is 216 cm³/mol. The van der Waals surface area contributed by atoms with E-state index < -0.39 is 0 Å². The van der Waals surface area contributed by atoms with Gasteiger partial charge in [0.2, 0.25) is 0 Å². The predicted octanol–water partition coefficient (Wildman–Crippen LogP) is 13.4. The lowest BCUT2D eigenvalue weighted by molar-refractivity contribution is 0.660. The molecule has 1 aliphatic carbocycles. The van der Waals surface area contributed by atoms with E-state index in [9.17, 15) is 0 Å². The van der Waals surface area contributed by atoms with Crippen LogP contribution in [0.2, 0.25) is 0 Å². The van der Waals surface area contributed by atoms with E-state index in [1.807, 2.05) is 0 Å². The third-order valence-electron chi connectivity index (χ3n) is 11.0. The highest BCUT2D eigenvalue weighted by Crippen LogP contribution is 2.50. The number of fused-ring (bicyclic) bond motifs is 7. The zero-order valence-electron chi connectivity index (χ0n) is 28.7. The van der Waals surface area contributed by atoms with Gasteiger partial charge in [0, 0.05) is 33.2 Å². The summed E-state index contributed by atoms with van der Waals surface area (Å²) in [5.41, 5.74) is 14.9. The summed E-state index contributed by atoms with van der Waals surface area (Å²) in [4.78, 5) is 2.43. The fraction of sp³-hybridized carbons (Fsp3) is 0.0612. The van der Waals surface area contributed by atoms with Gasteiger partial charge >= 0.3 is 0 Å². The third kappa shape index (κ3) is 4.57. The Bertz CT molecular complexity index is 2770. The van der Waals surface area contributed by atoms with Crippen LogP contribution in [0.1, 0.15) is 25.0 Å². The molecule has 0 N–H and O–H groups in total. The van der Waals surface area contributed by atoms with Crippen molar-refractivity contribution < 1.29 is 0 Å². The van der Waals surface area contributed by atoms with Crippen LogP contribution in [0.4, 0.5) is 17.1 Å². The molecule has 0 aliphatic heterocycles. The first kappa shape index (κ1) is 29.5. The van der Waals surface area contributed by atoms with Gasteiger partial charge in [0.25, 0.3) is 0 Å². The summed E-state index contributed by atoms with van der Waals surface area (Å²) in [6, 6.07) is 66.6. The van der Waals surface area contributed by atoms with Crippen LogP contribution in [-0.2, 0) is 5.41 Å². The Labute approximate surface area is 298 Å². The molecule has 2 nitrogen and oxygen atoms in total. The second kappa shape index (κ2) is 11.3. The minimum Gasteiger partial charge on any atom is -0.310 e. The molecule has 0 amide bonds. The second-order valence-corrected chi connectivity index (χ2v) is 14.2. The van der Waals surface area contributed by atoms with Crippen LogP contribution in [-0.4, -0.2) is 4.57 Å². The Morgan fingerprint density at radius 2 is 1.12 bits per heavy atom. The van der Waals surface area contributed by atoms with E-state index in [1.54, 1.807) is 0 Å². The van der Waals surface area contributed by atoms with Crippen molar-refractivity contribution >= 4 is 49.6 Å². The van der Waals surface area contributed by atoms with Crippen molar-refractivity contribution in [3.8, 4) is 27.9 Å². The molecule has 0 bridgehead atoms. The van der Waals surface area contributed by atoms with Crippen molar-refractivity contribution in [3.63, 3.8) is 0 Å². The smallest absolute Gasteiger partial charge is 0.0562 e. The van der Waals surface area contributed by atoms with Crippen LogP contribution >= 0.6 is 0 Å². The molecule has 1 aliphatic rings. The molecule has 0 saturated heterocycles. The molecule has 0 saturated carbocycles. The Kier molecular flexibility index (Phi) is 6.56. The molecule has 0 atom stereocenters. The zero-order valence-corrected chi connectivity index (χ0v) is 28.7. The Morgan fingerprint density at radius 1 is 0.451 bits per heavy atom. The van der Waals surface area contributed by atoms with Crippen molar-refractivity contribution in [2.24, 2.45) is 0 Å². The van der Waals surface area contributed by atoms with Gasteiger partial charge < -0.3 is 9.47 Å². The van der Waals surface area contributed by atoms with Crippen LogP contribution in [0.3, 0.4) is 0 Å². The van der Waals surface area contributed by atoms with Crippen molar-refractivity contribution in [1.82, 2.24) is 4.57 Å². The average molecular weight is 653 g/mol. The normalized spacial score (nSPS) is 13.1. The summed E-state index contributed by atoms with van der Waals surface area (Å²) in [5.74, 6) is 0. The average Bonchev–Trinajstić information content (AvgIpc) is 3.64. The maximum atomic E-state index is 2.43. The van der Waals surface area contributed by atoms with E-state index in [4.69, 9.17) is 0 Å². The molecule has 10 rings (SSSR count). The largest absolute Gasteiger partial charge is 0.310 e. The Hall–Kier alpha value is -6.38. The molecule has 1 heterocycles. The summed E-state index contributed by atoms with van der Waals surface area (Å²) in [6.45, 7) is 4.70. The number of anilines is 3. The quantitative estimate of drug-likeness (QED) is 0.180. The number of para-hydroxylation sites is 2. The van der Waals surface area contributed by atoms with Gasteiger partial charge in [-0.25, -0.2) is 0 Å². The minimum absolute atomic E-state index is 0.0353. The number of rotatable bonds is 5. The first-order valence-electron chi connectivity index (χ1n) is 17.8. The zero-order chi connectivity index (χ0) is 34.1. The molecule has 242 valence electrons. The minimum atomic E-state index is -0.0353. The van der Waals surface area contributed by atoms with E-state index in [2.05, 4.69) is 205 Å². The molecule has 0 unspecified atom stereocenters. The number of nitrogens with zero attached hydrogens (tertiary/aromatic N) is 2. The monoisotopic (exact) mass is 652 g/mol. The number of aromatic nitrogens is 1. The molecule has 2 heteroatoms. The molecular weight excluding hydrogens is 617 g/mol. The van der Waals surface area contributed by atoms with Gasteiger partial charge in [-0.3, -0.25) is 0 Å². The van der Waals surface area contributed by atoms with E-state index in [0.717, 1.165) is 22.7 Å². The highest BCUT2D eigenvalue weighted by Gasteiger charge is 2.35. The fourth-order valence-corrected chi connectivity index (χ4v) is 8.47. The molecule has 0 spiro atoms. The molecule has 9 aromatic rings. The first-order valence-corrected chi connectivity index (χ1v) is 17.8. The number of hydrogen-bond acceptors (Lipinski definition) is 1. The van der Waals surface area contributed by atoms with Gasteiger partial charge in [0.15, 0.2) is 0 Å². The fourth-order valence-electron chi connectivity index (χ4n) is 8.47. The van der Waals surface area contributed by atoms with E-state index in [0.29, 0.717) is 0 Å².